The number of benzene rings is 3. The van der Waals surface area contributed by atoms with Crippen LogP contribution < -0.4 is 4.74 Å². The molecule has 1 unspecified atom stereocenters. The molecular formula is C39H46N2O6. The van der Waals surface area contributed by atoms with Crippen LogP contribution >= 0.6 is 0 Å². The van der Waals surface area contributed by atoms with Gasteiger partial charge in [0.25, 0.3) is 0 Å². The predicted octanol–water partition coefficient (Wildman–Crippen LogP) is 9.24. The van der Waals surface area contributed by atoms with Gasteiger partial charge in [0, 0.05) is 58.4 Å². The summed E-state index contributed by atoms with van der Waals surface area (Å²) in [5.41, 5.74) is 3.64. The molecule has 1 atom stereocenters. The molecule has 8 nitrogen and oxygen atoms in total. The lowest BCUT2D eigenvalue weighted by Crippen LogP contribution is -2.16. The average Bonchev–Trinajstić information content (AvgIpc) is 3.39. The maximum atomic E-state index is 13.7. The van der Waals surface area contributed by atoms with Gasteiger partial charge in [-0.1, -0.05) is 65.0 Å². The average molecular weight is 639 g/mol. The van der Waals surface area contributed by atoms with Gasteiger partial charge >= 0.3 is 11.9 Å². The van der Waals surface area contributed by atoms with Crippen LogP contribution in [0.15, 0.2) is 65.8 Å². The van der Waals surface area contributed by atoms with Gasteiger partial charge in [-0.05, 0) is 85.8 Å². The normalized spacial score (nSPS) is 12.3. The lowest BCUT2D eigenvalue weighted by Gasteiger charge is -2.17. The van der Waals surface area contributed by atoms with Crippen LogP contribution in [0.5, 0.6) is 5.75 Å². The van der Waals surface area contributed by atoms with Gasteiger partial charge in [0.15, 0.2) is 5.78 Å². The number of nitrogens with zero attached hydrogens (tertiary/aromatic N) is 2. The van der Waals surface area contributed by atoms with E-state index < -0.39 is 5.97 Å². The van der Waals surface area contributed by atoms with E-state index in [9.17, 15) is 19.2 Å². The molecule has 0 bridgehead atoms. The Morgan fingerprint density at radius 2 is 1.38 bits per heavy atom. The lowest BCUT2D eigenvalue weighted by atomic mass is 9.98. The fourth-order valence-electron chi connectivity index (χ4n) is 5.83. The third kappa shape index (κ3) is 8.82. The molecule has 0 aliphatic heterocycles. The molecule has 0 spiro atoms. The van der Waals surface area contributed by atoms with E-state index in [-0.39, 0.29) is 29.7 Å². The highest BCUT2D eigenvalue weighted by Crippen LogP contribution is 2.33. The Balaban J connectivity index is 1.80. The van der Waals surface area contributed by atoms with Crippen molar-refractivity contribution in [1.82, 2.24) is 4.57 Å². The van der Waals surface area contributed by atoms with E-state index in [0.717, 1.165) is 73.3 Å². The minimum Gasteiger partial charge on any atom is -0.427 e. The van der Waals surface area contributed by atoms with E-state index >= 15 is 0 Å². The maximum Gasteiger partial charge on any atom is 0.331 e. The third-order valence-electron chi connectivity index (χ3n) is 8.57. The fraction of sp³-hybridized carbons (Fsp3) is 0.410. The number of carbonyl (C=O) groups is 4. The molecule has 3 aromatic carbocycles. The molecule has 1 aromatic heterocycles. The highest BCUT2D eigenvalue weighted by atomic mass is 16.7. The van der Waals surface area contributed by atoms with Crippen LogP contribution in [0.4, 0.5) is 0 Å². The molecule has 1 heterocycles. The van der Waals surface area contributed by atoms with Gasteiger partial charge in [-0.25, -0.2) is 4.79 Å². The second-order valence-corrected chi connectivity index (χ2v) is 12.1. The molecule has 0 saturated heterocycles. The van der Waals surface area contributed by atoms with E-state index in [2.05, 4.69) is 30.5 Å². The van der Waals surface area contributed by atoms with Crippen molar-refractivity contribution < 1.29 is 28.8 Å². The van der Waals surface area contributed by atoms with Crippen molar-refractivity contribution in [2.45, 2.75) is 99.0 Å². The number of aromatic nitrogens is 1. The number of hydrogen-bond acceptors (Lipinski definition) is 7. The molecule has 248 valence electrons. The molecule has 0 fully saturated rings. The minimum atomic E-state index is -0.577. The smallest absolute Gasteiger partial charge is 0.331 e. The Morgan fingerprint density at radius 1 is 0.766 bits per heavy atom. The summed E-state index contributed by atoms with van der Waals surface area (Å²) < 4.78 is 7.57. The standard InChI is InChI=1S/C39H46N2O6/c1-6-10-12-14-34(40-47-26(5)42)39(45)30-18-22-36-33(24-30)32-23-29(17-21-35(32)41(36)25-27(8-3)13-11-7-2)38(44)28-15-19-31(20-16-28)46-37(43)9-4/h15-24,27H,6-14,25H2,1-5H3/b40-34+. The highest BCUT2D eigenvalue weighted by Gasteiger charge is 2.21. The van der Waals surface area contributed by atoms with Gasteiger partial charge in [0.2, 0.25) is 5.78 Å². The number of rotatable bonds is 17. The first kappa shape index (κ1) is 35.3. The Kier molecular flexibility index (Phi) is 12.6. The Morgan fingerprint density at radius 3 is 1.98 bits per heavy atom. The number of unbranched alkanes of at least 4 members (excludes halogenated alkanes) is 3. The summed E-state index contributed by atoms with van der Waals surface area (Å²) in [5, 5.41) is 5.68. The van der Waals surface area contributed by atoms with Gasteiger partial charge in [0.1, 0.15) is 11.5 Å². The first-order chi connectivity index (χ1) is 22.7. The first-order valence-corrected chi connectivity index (χ1v) is 16.9. The second-order valence-electron chi connectivity index (χ2n) is 12.1. The van der Waals surface area contributed by atoms with Gasteiger partial charge in [-0.2, -0.15) is 0 Å². The van der Waals surface area contributed by atoms with Crippen molar-refractivity contribution in [3.05, 3.63) is 77.4 Å². The lowest BCUT2D eigenvalue weighted by molar-refractivity contribution is -0.141. The van der Waals surface area contributed by atoms with Crippen molar-refractivity contribution in [2.75, 3.05) is 0 Å². The number of ether oxygens (including phenoxy) is 1. The van der Waals surface area contributed by atoms with E-state index in [1.807, 2.05) is 36.4 Å². The molecule has 4 aromatic rings. The zero-order valence-electron chi connectivity index (χ0n) is 28.3. The minimum absolute atomic E-state index is 0.158. The quantitative estimate of drug-likeness (QED) is 0.0217. The van der Waals surface area contributed by atoms with Gasteiger partial charge in [-0.3, -0.25) is 14.4 Å². The van der Waals surface area contributed by atoms with Crippen LogP contribution in [0.1, 0.15) is 119 Å². The summed E-state index contributed by atoms with van der Waals surface area (Å²) in [6, 6.07) is 18.0. The molecule has 4 rings (SSSR count). The van der Waals surface area contributed by atoms with Crippen molar-refractivity contribution in [3.8, 4) is 5.75 Å². The van der Waals surface area contributed by atoms with E-state index in [1.165, 1.54) is 6.92 Å². The predicted molar refractivity (Wildman–Crippen MR) is 186 cm³/mol. The van der Waals surface area contributed by atoms with Crippen LogP contribution in [0.2, 0.25) is 0 Å². The number of Topliss-reactive ketones (excluding diaryl/α,β-unsaturated/α-hetero) is 1. The third-order valence-corrected chi connectivity index (χ3v) is 8.57. The molecule has 0 N–H and O–H groups in total. The number of oxime groups is 1. The molecule has 0 saturated carbocycles. The Labute approximate surface area is 277 Å². The largest absolute Gasteiger partial charge is 0.427 e. The zero-order chi connectivity index (χ0) is 33.9. The summed E-state index contributed by atoms with van der Waals surface area (Å²) in [5.74, 6) is -0.479. The molecule has 47 heavy (non-hydrogen) atoms. The van der Waals surface area contributed by atoms with Crippen molar-refractivity contribution >= 4 is 51.0 Å². The molecule has 0 radical (unpaired) electrons. The van der Waals surface area contributed by atoms with Crippen molar-refractivity contribution in [1.29, 1.82) is 0 Å². The Bertz CT molecular complexity index is 1770. The number of fused-ring (bicyclic) bond motifs is 3. The Hall–Kier alpha value is -4.59. The number of ketones is 2. The van der Waals surface area contributed by atoms with Gasteiger partial charge in [-0.15, -0.1) is 0 Å². The van der Waals surface area contributed by atoms with Gasteiger partial charge in [0.05, 0.1) is 0 Å². The fourth-order valence-corrected chi connectivity index (χ4v) is 5.83. The van der Waals surface area contributed by atoms with E-state index in [0.29, 0.717) is 34.8 Å². The number of hydrogen-bond donors (Lipinski definition) is 0. The van der Waals surface area contributed by atoms with E-state index in [4.69, 9.17) is 9.57 Å². The van der Waals surface area contributed by atoms with Crippen LogP contribution in [-0.4, -0.2) is 33.8 Å². The molecule has 0 aliphatic rings. The summed E-state index contributed by atoms with van der Waals surface area (Å²) in [7, 11) is 0. The summed E-state index contributed by atoms with van der Waals surface area (Å²) >= 11 is 0. The summed E-state index contributed by atoms with van der Waals surface area (Å²) in [6.45, 7) is 10.3. The van der Waals surface area contributed by atoms with Crippen LogP contribution in [0.3, 0.4) is 0 Å². The summed E-state index contributed by atoms with van der Waals surface area (Å²) in [4.78, 5) is 55.5. The second kappa shape index (κ2) is 16.8. The molecule has 0 aliphatic carbocycles. The topological polar surface area (TPSA) is 104 Å². The monoisotopic (exact) mass is 638 g/mol. The molecule has 0 amide bonds. The van der Waals surface area contributed by atoms with Crippen LogP contribution in [0, 0.1) is 5.92 Å². The van der Waals surface area contributed by atoms with E-state index in [1.54, 1.807) is 31.2 Å². The summed E-state index contributed by atoms with van der Waals surface area (Å²) in [6.07, 6.45) is 7.80. The first-order valence-electron chi connectivity index (χ1n) is 16.9. The molecule has 8 heteroatoms. The maximum absolute atomic E-state index is 13.7. The molecular weight excluding hydrogens is 592 g/mol. The highest BCUT2D eigenvalue weighted by molar-refractivity contribution is 6.46. The van der Waals surface area contributed by atoms with Crippen LogP contribution in [0.25, 0.3) is 21.8 Å². The van der Waals surface area contributed by atoms with Crippen molar-refractivity contribution in [3.63, 3.8) is 0 Å². The number of carbonyl (C=O) groups excluding carboxylic acids is 4. The zero-order valence-corrected chi connectivity index (χ0v) is 28.3. The van der Waals surface area contributed by atoms with Gasteiger partial charge < -0.3 is 14.1 Å². The number of esters is 1. The van der Waals surface area contributed by atoms with Crippen LogP contribution in [-0.2, 0) is 21.0 Å². The van der Waals surface area contributed by atoms with Crippen molar-refractivity contribution in [2.24, 2.45) is 11.1 Å². The SMILES string of the molecule is CCCCC/C(=N\OC(C)=O)C(=O)c1ccc2c(c1)c1cc(C(=O)c3ccc(OC(=O)CC)cc3)ccc1n2CC(CC)CCCC.